The second-order valence-corrected chi connectivity index (χ2v) is 10.7. The summed E-state index contributed by atoms with van der Waals surface area (Å²) in [6, 6.07) is 5.39. The van der Waals surface area contributed by atoms with Gasteiger partial charge in [0, 0.05) is 36.1 Å². The van der Waals surface area contributed by atoms with Gasteiger partial charge in [-0.1, -0.05) is 12.1 Å². The summed E-state index contributed by atoms with van der Waals surface area (Å²) in [5, 5.41) is 11.4. The number of alkyl halides is 3. The fraction of sp³-hybridized carbons (Fsp3) is 0.379. The molecule has 0 amide bonds. The zero-order valence-corrected chi connectivity index (χ0v) is 22.8. The number of aryl methyl sites for hydroxylation is 1. The van der Waals surface area contributed by atoms with Crippen molar-refractivity contribution < 1.29 is 17.9 Å². The van der Waals surface area contributed by atoms with E-state index in [1.165, 1.54) is 12.5 Å². The number of benzene rings is 1. The summed E-state index contributed by atoms with van der Waals surface area (Å²) < 4.78 is 47.3. The molecule has 212 valence electrons. The van der Waals surface area contributed by atoms with Gasteiger partial charge in [-0.25, -0.2) is 24.9 Å². The monoisotopic (exact) mass is 562 g/mol. The Morgan fingerprint density at radius 2 is 1.93 bits per heavy atom. The van der Waals surface area contributed by atoms with Gasteiger partial charge < -0.3 is 20.0 Å². The van der Waals surface area contributed by atoms with Crippen LogP contribution in [0.3, 0.4) is 0 Å². The van der Waals surface area contributed by atoms with E-state index >= 15 is 0 Å². The van der Waals surface area contributed by atoms with Crippen LogP contribution in [0.25, 0.3) is 22.8 Å². The Balaban J connectivity index is 1.33. The van der Waals surface area contributed by atoms with E-state index in [1.54, 1.807) is 17.9 Å². The van der Waals surface area contributed by atoms with E-state index in [0.29, 0.717) is 46.0 Å². The molecule has 6 rings (SSSR count). The van der Waals surface area contributed by atoms with Crippen molar-refractivity contribution in [2.75, 3.05) is 12.4 Å². The second kappa shape index (κ2) is 10.2. The van der Waals surface area contributed by atoms with Crippen molar-refractivity contribution in [3.8, 4) is 28.7 Å². The maximum atomic E-state index is 13.4. The van der Waals surface area contributed by atoms with Gasteiger partial charge in [0.25, 0.3) is 0 Å². The second-order valence-electron chi connectivity index (χ2n) is 10.7. The lowest BCUT2D eigenvalue weighted by Crippen LogP contribution is -2.12. The van der Waals surface area contributed by atoms with Gasteiger partial charge in [0.2, 0.25) is 5.88 Å². The molecule has 2 aliphatic rings. The van der Waals surface area contributed by atoms with E-state index in [9.17, 15) is 13.2 Å². The molecule has 9 nitrogen and oxygen atoms in total. The first-order valence-corrected chi connectivity index (χ1v) is 13.5. The van der Waals surface area contributed by atoms with Gasteiger partial charge in [0.15, 0.2) is 11.5 Å². The van der Waals surface area contributed by atoms with Crippen molar-refractivity contribution >= 4 is 12.0 Å². The third-order valence-electron chi connectivity index (χ3n) is 7.56. The first-order valence-electron chi connectivity index (χ1n) is 13.5. The van der Waals surface area contributed by atoms with E-state index in [0.717, 1.165) is 48.7 Å². The highest BCUT2D eigenvalue weighted by atomic mass is 19.4. The summed E-state index contributed by atoms with van der Waals surface area (Å²) in [7, 11) is 1.55. The van der Waals surface area contributed by atoms with Gasteiger partial charge in [-0.15, -0.1) is 0 Å². The molecule has 0 radical (unpaired) electrons. The predicted molar refractivity (Wildman–Crippen MR) is 147 cm³/mol. The third-order valence-corrected chi connectivity index (χ3v) is 7.56. The number of hydrogen-bond donors (Lipinski definition) is 2. The molecule has 3 heterocycles. The molecule has 0 bridgehead atoms. The highest BCUT2D eigenvalue weighted by Crippen LogP contribution is 2.45. The molecule has 41 heavy (non-hydrogen) atoms. The Hall–Kier alpha value is -4.35. The lowest BCUT2D eigenvalue weighted by molar-refractivity contribution is -0.140. The Kier molecular flexibility index (Phi) is 6.71. The summed E-state index contributed by atoms with van der Waals surface area (Å²) >= 11 is 0. The zero-order chi connectivity index (χ0) is 28.9. The molecule has 2 aliphatic carbocycles. The van der Waals surface area contributed by atoms with Crippen molar-refractivity contribution in [1.29, 1.82) is 5.41 Å². The van der Waals surface area contributed by atoms with Crippen molar-refractivity contribution in [3.63, 3.8) is 0 Å². The Morgan fingerprint density at radius 3 is 2.61 bits per heavy atom. The van der Waals surface area contributed by atoms with Gasteiger partial charge in [-0.3, -0.25) is 0 Å². The number of hydrogen-bond acceptors (Lipinski definition) is 8. The number of nitrogens with one attached hydrogen (secondary N) is 2. The fourth-order valence-electron chi connectivity index (χ4n) is 5.36. The number of fused-ring (bicyclic) bond motifs is 1. The molecule has 0 spiro atoms. The number of halogens is 3. The summed E-state index contributed by atoms with van der Waals surface area (Å²) in [6.45, 7) is 3.67. The highest BCUT2D eigenvalue weighted by Gasteiger charge is 2.36. The predicted octanol–water partition coefficient (Wildman–Crippen LogP) is 6.38. The molecule has 4 aromatic rings. The van der Waals surface area contributed by atoms with Crippen LogP contribution < -0.4 is 10.1 Å². The van der Waals surface area contributed by atoms with E-state index < -0.39 is 11.9 Å². The molecule has 1 fully saturated rings. The molecular formula is C29H29F3N8O. The SMILES string of the molecule is COc1ncnc(C2CC2)c1-c1ncc(C=N)c(N[C@@H]2CCc3cc(-c4nc(C(F)(F)F)cn4C(C)C)ccc32)n1. The van der Waals surface area contributed by atoms with Crippen LogP contribution in [0.4, 0.5) is 19.0 Å². The summed E-state index contributed by atoms with van der Waals surface area (Å²) in [5.74, 6) is 1.95. The molecule has 0 saturated heterocycles. The molecule has 12 heteroatoms. The number of imidazole rings is 1. The van der Waals surface area contributed by atoms with Crippen LogP contribution in [0.5, 0.6) is 5.88 Å². The zero-order valence-electron chi connectivity index (χ0n) is 22.8. The third kappa shape index (κ3) is 5.02. The van der Waals surface area contributed by atoms with Gasteiger partial charge >= 0.3 is 6.18 Å². The number of aromatic nitrogens is 6. The van der Waals surface area contributed by atoms with Crippen LogP contribution >= 0.6 is 0 Å². The Morgan fingerprint density at radius 1 is 1.12 bits per heavy atom. The normalized spacial score (nSPS) is 16.6. The van der Waals surface area contributed by atoms with E-state index in [2.05, 4.69) is 25.3 Å². The Bertz CT molecular complexity index is 1630. The van der Waals surface area contributed by atoms with Crippen LogP contribution in [0.15, 0.2) is 36.9 Å². The van der Waals surface area contributed by atoms with Crippen molar-refractivity contribution in [2.24, 2.45) is 0 Å². The average Bonchev–Trinajstić information content (AvgIpc) is 3.57. The number of rotatable bonds is 8. The van der Waals surface area contributed by atoms with Crippen molar-refractivity contribution in [2.45, 2.75) is 63.7 Å². The highest BCUT2D eigenvalue weighted by molar-refractivity contribution is 5.85. The van der Waals surface area contributed by atoms with Crippen LogP contribution in [0.1, 0.15) is 79.2 Å². The smallest absolute Gasteiger partial charge is 0.434 e. The first kappa shape index (κ1) is 26.9. The fourth-order valence-corrected chi connectivity index (χ4v) is 5.36. The summed E-state index contributed by atoms with van der Waals surface area (Å²) in [6.07, 6.45) is 4.41. The van der Waals surface area contributed by atoms with Crippen LogP contribution in [0, 0.1) is 5.41 Å². The largest absolute Gasteiger partial charge is 0.480 e. The van der Waals surface area contributed by atoms with Gasteiger partial charge in [0.1, 0.15) is 23.5 Å². The maximum absolute atomic E-state index is 13.4. The lowest BCUT2D eigenvalue weighted by atomic mass is 10.0. The molecular weight excluding hydrogens is 533 g/mol. The van der Waals surface area contributed by atoms with Crippen molar-refractivity contribution in [1.82, 2.24) is 29.5 Å². The van der Waals surface area contributed by atoms with Gasteiger partial charge in [-0.2, -0.15) is 13.2 Å². The molecule has 0 unspecified atom stereocenters. The van der Waals surface area contributed by atoms with Gasteiger partial charge in [-0.05, 0) is 56.7 Å². The molecule has 1 atom stereocenters. The van der Waals surface area contributed by atoms with Crippen molar-refractivity contribution in [3.05, 3.63) is 65.0 Å². The Labute approximate surface area is 234 Å². The van der Waals surface area contributed by atoms with E-state index in [-0.39, 0.29) is 12.1 Å². The number of ether oxygens (including phenoxy) is 1. The minimum atomic E-state index is -4.51. The van der Waals surface area contributed by atoms with Crippen LogP contribution in [-0.2, 0) is 12.6 Å². The topological polar surface area (TPSA) is 114 Å². The van der Waals surface area contributed by atoms with Gasteiger partial charge in [0.05, 0.1) is 24.4 Å². The standard InChI is InChI=1S/C29H29F3N8O/c1-15(2)40-13-22(29(30,31)32)38-27(40)18-6-8-20-17(10-18)7-9-21(20)37-25-19(11-33)12-34-26(39-25)23-24(16-4-5-16)35-14-36-28(23)41-3/h6,8,10-16,21,33H,4-5,7,9H2,1-3H3,(H,34,37,39)/t21-/m1/s1. The van der Waals surface area contributed by atoms with Crippen LogP contribution in [-0.4, -0.2) is 42.8 Å². The van der Waals surface area contributed by atoms with Crippen LogP contribution in [0.2, 0.25) is 0 Å². The first-order chi connectivity index (χ1) is 19.7. The number of nitrogens with zero attached hydrogens (tertiary/aromatic N) is 6. The van der Waals surface area contributed by atoms with E-state index in [4.69, 9.17) is 15.1 Å². The number of anilines is 1. The molecule has 0 aliphatic heterocycles. The average molecular weight is 563 g/mol. The molecule has 1 aromatic carbocycles. The number of methoxy groups -OCH3 is 1. The summed E-state index contributed by atoms with van der Waals surface area (Å²) in [5.41, 5.74) is 3.85. The quantitative estimate of drug-likeness (QED) is 0.240. The minimum Gasteiger partial charge on any atom is -0.480 e. The lowest BCUT2D eigenvalue weighted by Gasteiger charge is -2.18. The summed E-state index contributed by atoms with van der Waals surface area (Å²) in [4.78, 5) is 22.0. The molecule has 3 aromatic heterocycles. The molecule has 2 N–H and O–H groups in total. The minimum absolute atomic E-state index is 0.104. The molecule has 1 saturated carbocycles. The maximum Gasteiger partial charge on any atom is 0.434 e. The van der Waals surface area contributed by atoms with E-state index in [1.807, 2.05) is 32.0 Å².